The zero-order valence-corrected chi connectivity index (χ0v) is 18.2. The van der Waals surface area contributed by atoms with Crippen LogP contribution in [0.1, 0.15) is 53.0 Å². The normalized spacial score (nSPS) is 17.9. The Morgan fingerprint density at radius 3 is 2.81 bits per heavy atom. The highest BCUT2D eigenvalue weighted by Crippen LogP contribution is 2.29. The molecule has 0 aliphatic carbocycles. The first-order chi connectivity index (χ1) is 12.7. The fourth-order valence-electron chi connectivity index (χ4n) is 2.46. The van der Waals surface area contributed by atoms with E-state index in [0.29, 0.717) is 24.7 Å². The zero-order valence-electron chi connectivity index (χ0n) is 16.6. The molecule has 1 heterocycles. The van der Waals surface area contributed by atoms with Crippen molar-refractivity contribution in [3.05, 3.63) is 28.2 Å². The second-order valence-corrected chi connectivity index (χ2v) is 8.33. The third-order valence-electron chi connectivity index (χ3n) is 3.77. The number of hydrogen-bond donors (Lipinski definition) is 0. The number of rotatable bonds is 8. The topological polar surface area (TPSA) is 66.3 Å². The lowest BCUT2D eigenvalue weighted by atomic mass is 10.0. The minimum atomic E-state index is -0.758. The van der Waals surface area contributed by atoms with E-state index in [2.05, 4.69) is 28.0 Å². The van der Waals surface area contributed by atoms with Gasteiger partial charge in [-0.05, 0) is 52.3 Å². The second-order valence-electron chi connectivity index (χ2n) is 7.42. The van der Waals surface area contributed by atoms with Crippen molar-refractivity contribution in [1.82, 2.24) is 0 Å². The highest BCUT2D eigenvalue weighted by atomic mass is 79.9. The molecule has 0 amide bonds. The van der Waals surface area contributed by atoms with Crippen LogP contribution in [-0.4, -0.2) is 42.7 Å². The SMILES string of the molecule is CCCCOC1CON=C1c1cc(Br)ccc1O[C@@H](C)C(=O)OC(C)(C)C. The van der Waals surface area contributed by atoms with Crippen molar-refractivity contribution in [2.75, 3.05) is 13.2 Å². The van der Waals surface area contributed by atoms with E-state index in [4.69, 9.17) is 19.0 Å². The van der Waals surface area contributed by atoms with Crippen LogP contribution in [0.25, 0.3) is 0 Å². The summed E-state index contributed by atoms with van der Waals surface area (Å²) in [5, 5.41) is 4.15. The average Bonchev–Trinajstić information content (AvgIpc) is 3.03. The van der Waals surface area contributed by atoms with Gasteiger partial charge in [0.1, 0.15) is 29.8 Å². The van der Waals surface area contributed by atoms with Gasteiger partial charge in [-0.1, -0.05) is 34.4 Å². The molecular formula is C20H28BrNO5. The number of unbranched alkanes of at least 4 members (excludes halogenated alkanes) is 1. The summed E-state index contributed by atoms with van der Waals surface area (Å²) in [5.74, 6) is 0.113. The van der Waals surface area contributed by atoms with E-state index in [-0.39, 0.29) is 6.10 Å². The number of ether oxygens (including phenoxy) is 3. The lowest BCUT2D eigenvalue weighted by Gasteiger charge is -2.23. The van der Waals surface area contributed by atoms with Crippen molar-refractivity contribution in [3.8, 4) is 5.75 Å². The quantitative estimate of drug-likeness (QED) is 0.439. The molecular weight excluding hydrogens is 414 g/mol. The largest absolute Gasteiger partial charge is 0.478 e. The third-order valence-corrected chi connectivity index (χ3v) is 4.26. The number of carbonyl (C=O) groups excluding carboxylic acids is 1. The van der Waals surface area contributed by atoms with E-state index in [1.807, 2.05) is 32.9 Å². The molecule has 0 spiro atoms. The Hall–Kier alpha value is -1.60. The molecule has 1 aliphatic rings. The first kappa shape index (κ1) is 21.7. The van der Waals surface area contributed by atoms with Crippen LogP contribution in [0.2, 0.25) is 0 Å². The van der Waals surface area contributed by atoms with Crippen molar-refractivity contribution in [2.45, 2.75) is 65.3 Å². The van der Waals surface area contributed by atoms with Crippen LogP contribution >= 0.6 is 15.9 Å². The standard InChI is InChI=1S/C20H28BrNO5/c1-6-7-10-24-17-12-25-22-18(17)15-11-14(21)8-9-16(15)26-13(2)19(23)27-20(3,4)5/h8-9,11,13,17H,6-7,10,12H2,1-5H3/t13-,17?/m0/s1. The zero-order chi connectivity index (χ0) is 20.0. The summed E-state index contributed by atoms with van der Waals surface area (Å²) in [6, 6.07) is 5.54. The molecule has 6 nitrogen and oxygen atoms in total. The monoisotopic (exact) mass is 441 g/mol. The Labute approximate surface area is 169 Å². The molecule has 1 aromatic carbocycles. The maximum absolute atomic E-state index is 12.3. The smallest absolute Gasteiger partial charge is 0.347 e. The van der Waals surface area contributed by atoms with Crippen molar-refractivity contribution >= 4 is 27.6 Å². The molecule has 1 unspecified atom stereocenters. The van der Waals surface area contributed by atoms with E-state index in [1.165, 1.54) is 0 Å². The predicted octanol–water partition coefficient (Wildman–Crippen LogP) is 4.48. The number of halogens is 1. The number of oxime groups is 1. The van der Waals surface area contributed by atoms with Gasteiger partial charge in [0.05, 0.1) is 0 Å². The highest BCUT2D eigenvalue weighted by Gasteiger charge is 2.30. The molecule has 2 atom stereocenters. The molecule has 0 saturated carbocycles. The minimum absolute atomic E-state index is 0.259. The van der Waals surface area contributed by atoms with Gasteiger partial charge in [0, 0.05) is 16.6 Å². The van der Waals surface area contributed by atoms with Crippen molar-refractivity contribution in [1.29, 1.82) is 0 Å². The van der Waals surface area contributed by atoms with Crippen LogP contribution in [0.5, 0.6) is 5.75 Å². The molecule has 7 heteroatoms. The third kappa shape index (κ3) is 6.50. The number of hydrogen-bond acceptors (Lipinski definition) is 6. The summed E-state index contributed by atoms with van der Waals surface area (Å²) in [6.07, 6.45) is 1.01. The molecule has 27 heavy (non-hydrogen) atoms. The van der Waals surface area contributed by atoms with Gasteiger partial charge in [0.2, 0.25) is 0 Å². The first-order valence-electron chi connectivity index (χ1n) is 9.22. The van der Waals surface area contributed by atoms with E-state index < -0.39 is 17.7 Å². The Morgan fingerprint density at radius 1 is 1.41 bits per heavy atom. The summed E-state index contributed by atoms with van der Waals surface area (Å²) in [4.78, 5) is 17.5. The number of nitrogens with zero attached hydrogens (tertiary/aromatic N) is 1. The fraction of sp³-hybridized carbons (Fsp3) is 0.600. The van der Waals surface area contributed by atoms with Crippen molar-refractivity contribution in [2.24, 2.45) is 5.16 Å². The molecule has 0 N–H and O–H groups in total. The Kier molecular flexibility index (Phi) is 7.68. The Bertz CT molecular complexity index is 683. The molecule has 0 bridgehead atoms. The minimum Gasteiger partial charge on any atom is -0.478 e. The van der Waals surface area contributed by atoms with Gasteiger partial charge in [-0.3, -0.25) is 0 Å². The molecule has 150 valence electrons. The maximum Gasteiger partial charge on any atom is 0.347 e. The lowest BCUT2D eigenvalue weighted by molar-refractivity contribution is -0.162. The Morgan fingerprint density at radius 2 is 2.15 bits per heavy atom. The van der Waals surface area contributed by atoms with Gasteiger partial charge in [-0.15, -0.1) is 0 Å². The molecule has 0 fully saturated rings. The Balaban J connectivity index is 2.18. The van der Waals surface area contributed by atoms with Crippen LogP contribution in [-0.2, 0) is 19.1 Å². The van der Waals surface area contributed by atoms with Gasteiger partial charge in [0.25, 0.3) is 0 Å². The molecule has 1 aliphatic heterocycles. The van der Waals surface area contributed by atoms with E-state index in [9.17, 15) is 4.79 Å². The molecule has 0 radical (unpaired) electrons. The van der Waals surface area contributed by atoms with Crippen molar-refractivity contribution in [3.63, 3.8) is 0 Å². The summed E-state index contributed by atoms with van der Waals surface area (Å²) in [7, 11) is 0. The molecule has 2 rings (SSSR count). The number of esters is 1. The summed E-state index contributed by atoms with van der Waals surface area (Å²) >= 11 is 3.48. The lowest BCUT2D eigenvalue weighted by Crippen LogP contribution is -2.34. The van der Waals surface area contributed by atoms with Gasteiger partial charge in [-0.25, -0.2) is 4.79 Å². The summed E-state index contributed by atoms with van der Waals surface area (Å²) in [6.45, 7) is 10.3. The van der Waals surface area contributed by atoms with Crippen LogP contribution in [0, 0.1) is 0 Å². The second kappa shape index (κ2) is 9.55. The molecule has 0 aromatic heterocycles. The van der Waals surface area contributed by atoms with Gasteiger partial charge >= 0.3 is 5.97 Å². The van der Waals surface area contributed by atoms with Crippen LogP contribution < -0.4 is 4.74 Å². The van der Waals surface area contributed by atoms with Crippen LogP contribution in [0.4, 0.5) is 0 Å². The van der Waals surface area contributed by atoms with Gasteiger partial charge in [0.15, 0.2) is 6.10 Å². The van der Waals surface area contributed by atoms with E-state index in [1.54, 1.807) is 13.0 Å². The van der Waals surface area contributed by atoms with Gasteiger partial charge in [-0.2, -0.15) is 0 Å². The van der Waals surface area contributed by atoms with Crippen LogP contribution in [0.3, 0.4) is 0 Å². The predicted molar refractivity (Wildman–Crippen MR) is 107 cm³/mol. The maximum atomic E-state index is 12.3. The van der Waals surface area contributed by atoms with Gasteiger partial charge < -0.3 is 19.0 Å². The fourth-order valence-corrected chi connectivity index (χ4v) is 2.82. The summed E-state index contributed by atoms with van der Waals surface area (Å²) < 4.78 is 18.1. The molecule has 1 aromatic rings. The van der Waals surface area contributed by atoms with Crippen LogP contribution in [0.15, 0.2) is 27.8 Å². The number of carbonyl (C=O) groups is 1. The highest BCUT2D eigenvalue weighted by molar-refractivity contribution is 9.10. The van der Waals surface area contributed by atoms with Crippen molar-refractivity contribution < 1.29 is 23.8 Å². The summed E-state index contributed by atoms with van der Waals surface area (Å²) in [5.41, 5.74) is 0.830. The average molecular weight is 442 g/mol. The van der Waals surface area contributed by atoms with E-state index in [0.717, 1.165) is 22.9 Å². The first-order valence-corrected chi connectivity index (χ1v) is 10.0. The van der Waals surface area contributed by atoms with E-state index >= 15 is 0 Å². The molecule has 0 saturated heterocycles. The number of benzene rings is 1.